The highest BCUT2D eigenvalue weighted by Gasteiger charge is 2.49. The molecule has 0 saturated heterocycles. The fourth-order valence-electron chi connectivity index (χ4n) is 3.21. The van der Waals surface area contributed by atoms with Crippen molar-refractivity contribution in [1.29, 1.82) is 0 Å². The average molecular weight is 416 g/mol. The van der Waals surface area contributed by atoms with Gasteiger partial charge in [0.15, 0.2) is 0 Å². The van der Waals surface area contributed by atoms with Crippen LogP contribution in [0.2, 0.25) is 0 Å². The summed E-state index contributed by atoms with van der Waals surface area (Å²) in [7, 11) is 0. The number of tetrazole rings is 1. The van der Waals surface area contributed by atoms with Gasteiger partial charge in [-0.25, -0.2) is 0 Å². The number of alkyl halides is 3. The van der Waals surface area contributed by atoms with E-state index in [2.05, 4.69) is 20.7 Å². The number of nitrogens with zero attached hydrogens (tertiary/aromatic N) is 5. The fraction of sp³-hybridized carbons (Fsp3) is 0.211. The van der Waals surface area contributed by atoms with Gasteiger partial charge in [0.1, 0.15) is 12.6 Å². The quantitative estimate of drug-likeness (QED) is 0.709. The van der Waals surface area contributed by atoms with E-state index in [4.69, 9.17) is 0 Å². The summed E-state index contributed by atoms with van der Waals surface area (Å²) in [4.78, 5) is 26.5. The zero-order valence-electron chi connectivity index (χ0n) is 15.4. The number of anilines is 2. The molecule has 4 rings (SSSR count). The summed E-state index contributed by atoms with van der Waals surface area (Å²) >= 11 is 0. The Morgan fingerprint density at radius 2 is 1.80 bits per heavy atom. The van der Waals surface area contributed by atoms with E-state index in [0.717, 1.165) is 4.80 Å². The first kappa shape index (κ1) is 19.6. The number of hydrogen-bond acceptors (Lipinski definition) is 5. The van der Waals surface area contributed by atoms with Crippen LogP contribution >= 0.6 is 0 Å². The van der Waals surface area contributed by atoms with Gasteiger partial charge < -0.3 is 5.32 Å². The lowest BCUT2D eigenvalue weighted by molar-refractivity contribution is -0.158. The number of para-hydroxylation sites is 2. The Balaban J connectivity index is 1.67. The summed E-state index contributed by atoms with van der Waals surface area (Å²) < 4.78 is 41.2. The van der Waals surface area contributed by atoms with Crippen LogP contribution in [-0.2, 0) is 16.1 Å². The van der Waals surface area contributed by atoms with Crippen molar-refractivity contribution in [2.75, 3.05) is 10.2 Å². The summed E-state index contributed by atoms with van der Waals surface area (Å²) in [6.45, 7) is -0.574. The van der Waals surface area contributed by atoms with Crippen molar-refractivity contribution in [3.63, 3.8) is 0 Å². The average Bonchev–Trinajstić information content (AvgIpc) is 3.10. The Bertz CT molecular complexity index is 1080. The molecular weight excluding hydrogens is 401 g/mol. The van der Waals surface area contributed by atoms with Crippen LogP contribution in [0.25, 0.3) is 11.4 Å². The van der Waals surface area contributed by atoms with E-state index in [-0.39, 0.29) is 17.2 Å². The lowest BCUT2D eigenvalue weighted by atomic mass is 10.1. The minimum absolute atomic E-state index is 0.0425. The smallest absolute Gasteiger partial charge is 0.324 e. The molecule has 2 heterocycles. The second-order valence-electron chi connectivity index (χ2n) is 6.60. The molecule has 2 amide bonds. The molecule has 154 valence electrons. The Morgan fingerprint density at radius 1 is 1.10 bits per heavy atom. The third kappa shape index (κ3) is 3.86. The van der Waals surface area contributed by atoms with E-state index in [1.807, 2.05) is 0 Å². The maximum Gasteiger partial charge on any atom is 0.409 e. The van der Waals surface area contributed by atoms with Crippen molar-refractivity contribution in [1.82, 2.24) is 20.2 Å². The minimum Gasteiger partial charge on any atom is -0.324 e. The summed E-state index contributed by atoms with van der Waals surface area (Å²) in [5.74, 6) is -1.51. The largest absolute Gasteiger partial charge is 0.409 e. The highest BCUT2D eigenvalue weighted by atomic mass is 19.4. The van der Waals surface area contributed by atoms with E-state index in [0.29, 0.717) is 10.5 Å². The van der Waals surface area contributed by atoms with Gasteiger partial charge in [0, 0.05) is 5.56 Å². The molecule has 0 aliphatic carbocycles. The number of rotatable bonds is 3. The van der Waals surface area contributed by atoms with Crippen LogP contribution in [0.3, 0.4) is 0 Å². The Labute approximate surface area is 168 Å². The predicted octanol–water partition coefficient (Wildman–Crippen LogP) is 2.65. The van der Waals surface area contributed by atoms with Gasteiger partial charge in [-0.3, -0.25) is 14.5 Å². The van der Waals surface area contributed by atoms with Crippen LogP contribution in [0.4, 0.5) is 24.5 Å². The van der Waals surface area contributed by atoms with E-state index in [9.17, 15) is 22.8 Å². The molecule has 1 atom stereocenters. The number of amides is 2. The van der Waals surface area contributed by atoms with Crippen LogP contribution in [0.5, 0.6) is 0 Å². The van der Waals surface area contributed by atoms with Gasteiger partial charge in [-0.1, -0.05) is 42.5 Å². The minimum atomic E-state index is -4.81. The third-order valence-electron chi connectivity index (χ3n) is 4.54. The molecule has 1 N–H and O–H groups in total. The molecule has 8 nitrogen and oxygen atoms in total. The maximum absolute atomic E-state index is 13.7. The first-order valence-corrected chi connectivity index (χ1v) is 8.94. The molecule has 1 unspecified atom stereocenters. The van der Waals surface area contributed by atoms with Crippen LogP contribution in [0.15, 0.2) is 54.6 Å². The molecule has 1 aliphatic heterocycles. The van der Waals surface area contributed by atoms with Crippen LogP contribution in [-0.4, -0.2) is 44.2 Å². The van der Waals surface area contributed by atoms with Crippen molar-refractivity contribution in [3.8, 4) is 11.4 Å². The van der Waals surface area contributed by atoms with Gasteiger partial charge in [-0.05, 0) is 17.3 Å². The number of fused-ring (bicyclic) bond motifs is 1. The molecule has 3 aromatic rings. The van der Waals surface area contributed by atoms with E-state index < -0.39 is 37.0 Å². The van der Waals surface area contributed by atoms with E-state index >= 15 is 0 Å². The van der Waals surface area contributed by atoms with Gasteiger partial charge in [-0.2, -0.15) is 18.0 Å². The molecule has 0 bridgehead atoms. The van der Waals surface area contributed by atoms with E-state index in [1.165, 1.54) is 18.2 Å². The lowest BCUT2D eigenvalue weighted by Crippen LogP contribution is -2.50. The molecule has 11 heteroatoms. The number of aromatic nitrogens is 4. The van der Waals surface area contributed by atoms with Gasteiger partial charge in [-0.15, -0.1) is 10.2 Å². The molecule has 30 heavy (non-hydrogen) atoms. The maximum atomic E-state index is 13.7. The molecule has 1 aromatic heterocycles. The van der Waals surface area contributed by atoms with Crippen LogP contribution in [0, 0.1) is 0 Å². The molecule has 1 aliphatic rings. The van der Waals surface area contributed by atoms with Crippen molar-refractivity contribution >= 4 is 23.2 Å². The zero-order valence-corrected chi connectivity index (χ0v) is 15.4. The van der Waals surface area contributed by atoms with E-state index in [1.54, 1.807) is 36.4 Å². The number of carbonyl (C=O) groups is 2. The number of carbonyl (C=O) groups excluding carboxylic acids is 2. The predicted molar refractivity (Wildman–Crippen MR) is 100 cm³/mol. The Kier molecular flexibility index (Phi) is 4.94. The Hall–Kier alpha value is -3.76. The fourth-order valence-corrected chi connectivity index (χ4v) is 3.21. The molecule has 0 saturated carbocycles. The second-order valence-corrected chi connectivity index (χ2v) is 6.60. The normalized spacial score (nSPS) is 16.6. The van der Waals surface area contributed by atoms with Crippen molar-refractivity contribution in [3.05, 3.63) is 54.6 Å². The summed E-state index contributed by atoms with van der Waals surface area (Å²) in [5, 5.41) is 14.1. The zero-order chi connectivity index (χ0) is 21.3. The number of hydrogen-bond donors (Lipinski definition) is 1. The van der Waals surface area contributed by atoms with Gasteiger partial charge in [0.25, 0.3) is 5.91 Å². The Morgan fingerprint density at radius 3 is 2.53 bits per heavy atom. The summed E-state index contributed by atoms with van der Waals surface area (Å²) in [6, 6.07) is 12.4. The topological polar surface area (TPSA) is 93.0 Å². The highest BCUT2D eigenvalue weighted by Crippen LogP contribution is 2.37. The monoisotopic (exact) mass is 416 g/mol. The molecule has 2 aromatic carbocycles. The molecule has 0 spiro atoms. The molecular formula is C19H15F3N6O2. The molecule has 0 fully saturated rings. The van der Waals surface area contributed by atoms with Crippen molar-refractivity contribution < 1.29 is 22.8 Å². The van der Waals surface area contributed by atoms with Crippen LogP contribution < -0.4 is 10.2 Å². The van der Waals surface area contributed by atoms with Crippen LogP contribution in [0.1, 0.15) is 6.42 Å². The lowest BCUT2D eigenvalue weighted by Gasteiger charge is -2.31. The number of halogens is 3. The third-order valence-corrected chi connectivity index (χ3v) is 4.54. The number of nitrogens with one attached hydrogen (secondary N) is 1. The summed E-state index contributed by atoms with van der Waals surface area (Å²) in [5.41, 5.74) is 0.734. The van der Waals surface area contributed by atoms with Gasteiger partial charge >= 0.3 is 6.18 Å². The van der Waals surface area contributed by atoms with Crippen molar-refractivity contribution in [2.45, 2.75) is 25.2 Å². The van der Waals surface area contributed by atoms with Crippen molar-refractivity contribution in [2.24, 2.45) is 0 Å². The SMILES string of the molecule is O=C1CC(C(F)(F)F)N(C(=O)Cn2nnc(-c3ccccc3)n2)c2ccccc2N1. The first-order valence-electron chi connectivity index (χ1n) is 8.94. The first-order chi connectivity index (χ1) is 14.3. The summed E-state index contributed by atoms with van der Waals surface area (Å²) in [6.07, 6.45) is -5.72. The number of benzene rings is 2. The van der Waals surface area contributed by atoms with Gasteiger partial charge in [0.2, 0.25) is 11.7 Å². The standard InChI is InChI=1S/C19H15F3N6O2/c20-19(21,22)15-10-16(29)23-13-8-4-5-9-14(13)28(15)17(30)11-27-25-18(24-26-27)12-6-2-1-3-7-12/h1-9,15H,10-11H2,(H,23,29). The molecule has 0 radical (unpaired) electrons. The van der Waals surface area contributed by atoms with Gasteiger partial charge in [0.05, 0.1) is 17.8 Å². The second kappa shape index (κ2) is 7.58. The highest BCUT2D eigenvalue weighted by molar-refractivity contribution is 6.04.